The van der Waals surface area contributed by atoms with Crippen molar-refractivity contribution < 1.29 is 19.5 Å². The highest BCUT2D eigenvalue weighted by Crippen LogP contribution is 2.15. The number of hydrogen-bond donors (Lipinski definition) is 3. The first-order valence-electron chi connectivity index (χ1n) is 7.93. The molecule has 0 saturated heterocycles. The van der Waals surface area contributed by atoms with Gasteiger partial charge in [-0.15, -0.1) is 0 Å². The average molecular weight is 370 g/mol. The average Bonchev–Trinajstić information content (AvgIpc) is 3.26. The highest BCUT2D eigenvalue weighted by Gasteiger charge is 2.18. The third kappa shape index (κ3) is 3.59. The molecule has 3 aromatic rings. The smallest absolute Gasteiger partial charge is 0.352 e. The van der Waals surface area contributed by atoms with E-state index in [1.54, 1.807) is 44.0 Å². The molecule has 0 saturated carbocycles. The number of aryl methyl sites for hydroxylation is 3. The van der Waals surface area contributed by atoms with Gasteiger partial charge in [0.25, 0.3) is 11.8 Å². The number of carbonyl (C=O) groups is 3. The molecule has 0 unspecified atom stereocenters. The summed E-state index contributed by atoms with van der Waals surface area (Å²) in [6.07, 6.45) is 4.75. The van der Waals surface area contributed by atoms with E-state index in [4.69, 9.17) is 5.11 Å². The van der Waals surface area contributed by atoms with Crippen molar-refractivity contribution in [2.45, 2.75) is 0 Å². The number of rotatable bonds is 5. The summed E-state index contributed by atoms with van der Waals surface area (Å²) in [5.74, 6) is -1.67. The Morgan fingerprint density at radius 2 is 1.70 bits per heavy atom. The van der Waals surface area contributed by atoms with E-state index in [9.17, 15) is 14.4 Å². The number of nitrogens with zero attached hydrogens (tertiary/aromatic N) is 4. The van der Waals surface area contributed by atoms with Crippen molar-refractivity contribution in [3.8, 4) is 0 Å². The summed E-state index contributed by atoms with van der Waals surface area (Å²) in [5, 5.41) is 14.3. The van der Waals surface area contributed by atoms with Crippen molar-refractivity contribution in [2.24, 2.45) is 21.1 Å². The predicted octanol–water partition coefficient (Wildman–Crippen LogP) is 1.30. The van der Waals surface area contributed by atoms with Crippen LogP contribution in [-0.2, 0) is 21.1 Å². The van der Waals surface area contributed by atoms with E-state index in [2.05, 4.69) is 15.6 Å². The second-order valence-corrected chi connectivity index (χ2v) is 6.00. The van der Waals surface area contributed by atoms with Crippen LogP contribution in [0.5, 0.6) is 0 Å². The second-order valence-electron chi connectivity index (χ2n) is 6.00. The number of carboxylic acids is 1. The Morgan fingerprint density at radius 1 is 0.963 bits per heavy atom. The minimum Gasteiger partial charge on any atom is -0.477 e. The first kappa shape index (κ1) is 18.0. The summed E-state index contributed by atoms with van der Waals surface area (Å²) in [7, 11) is 4.93. The molecule has 0 bridgehead atoms. The van der Waals surface area contributed by atoms with Gasteiger partial charge in [-0.3, -0.25) is 9.59 Å². The molecule has 2 amide bonds. The second kappa shape index (κ2) is 6.83. The summed E-state index contributed by atoms with van der Waals surface area (Å²) in [6, 6.07) is 4.76. The van der Waals surface area contributed by atoms with Gasteiger partial charge in [-0.25, -0.2) is 9.78 Å². The molecule has 3 aromatic heterocycles. The van der Waals surface area contributed by atoms with Crippen LogP contribution in [0.1, 0.15) is 31.6 Å². The molecule has 0 aliphatic heterocycles. The number of amides is 2. The molecule has 10 heteroatoms. The molecule has 3 heterocycles. The SMILES string of the molecule is Cn1cc(NC(=O)c2nc(NC(=O)c3cccn3C)cn2C)cc1C(=O)O. The van der Waals surface area contributed by atoms with Gasteiger partial charge in [0.05, 0.1) is 5.69 Å². The molecule has 3 N–H and O–H groups in total. The molecule has 0 aliphatic carbocycles. The zero-order chi connectivity index (χ0) is 19.7. The van der Waals surface area contributed by atoms with Crippen LogP contribution >= 0.6 is 0 Å². The van der Waals surface area contributed by atoms with Gasteiger partial charge in [-0.2, -0.15) is 0 Å². The molecule has 0 radical (unpaired) electrons. The summed E-state index contributed by atoms with van der Waals surface area (Å²) < 4.78 is 4.53. The molecular weight excluding hydrogens is 352 g/mol. The first-order valence-corrected chi connectivity index (χ1v) is 7.93. The van der Waals surface area contributed by atoms with Crippen molar-refractivity contribution in [1.82, 2.24) is 18.7 Å². The number of aromatic nitrogens is 4. The minimum absolute atomic E-state index is 0.0423. The number of anilines is 2. The van der Waals surface area contributed by atoms with Crippen molar-refractivity contribution in [2.75, 3.05) is 10.6 Å². The fraction of sp³-hybridized carbons (Fsp3) is 0.176. The molecule has 10 nitrogen and oxygen atoms in total. The van der Waals surface area contributed by atoms with E-state index in [1.807, 2.05) is 0 Å². The van der Waals surface area contributed by atoms with Crippen LogP contribution in [0.25, 0.3) is 0 Å². The van der Waals surface area contributed by atoms with E-state index in [-0.39, 0.29) is 23.2 Å². The lowest BCUT2D eigenvalue weighted by molar-refractivity contribution is 0.0686. The van der Waals surface area contributed by atoms with Crippen molar-refractivity contribution >= 4 is 29.3 Å². The van der Waals surface area contributed by atoms with Crippen LogP contribution in [0.2, 0.25) is 0 Å². The highest BCUT2D eigenvalue weighted by molar-refractivity contribution is 6.05. The number of nitrogens with one attached hydrogen (secondary N) is 2. The maximum Gasteiger partial charge on any atom is 0.352 e. The summed E-state index contributed by atoms with van der Waals surface area (Å²) in [4.78, 5) is 39.9. The molecule has 0 aliphatic rings. The van der Waals surface area contributed by atoms with Gasteiger partial charge >= 0.3 is 5.97 Å². The Morgan fingerprint density at radius 3 is 2.30 bits per heavy atom. The molecule has 3 rings (SSSR count). The lowest BCUT2D eigenvalue weighted by Crippen LogP contribution is -2.17. The Balaban J connectivity index is 1.75. The quantitative estimate of drug-likeness (QED) is 0.625. The molecule has 0 aromatic carbocycles. The van der Waals surface area contributed by atoms with Crippen molar-refractivity contribution in [3.05, 3.63) is 54.0 Å². The lowest BCUT2D eigenvalue weighted by atomic mass is 10.4. The van der Waals surface area contributed by atoms with Gasteiger partial charge in [0.2, 0.25) is 5.82 Å². The maximum absolute atomic E-state index is 12.4. The molecule has 0 fully saturated rings. The van der Waals surface area contributed by atoms with E-state index >= 15 is 0 Å². The number of aromatic carboxylic acids is 1. The Labute approximate surface area is 154 Å². The van der Waals surface area contributed by atoms with Gasteiger partial charge in [-0.05, 0) is 18.2 Å². The number of imidazole rings is 1. The zero-order valence-corrected chi connectivity index (χ0v) is 14.9. The summed E-state index contributed by atoms with van der Waals surface area (Å²) >= 11 is 0. The van der Waals surface area contributed by atoms with E-state index < -0.39 is 11.9 Å². The molecular formula is C17H18N6O4. The number of hydrogen-bond acceptors (Lipinski definition) is 4. The number of carbonyl (C=O) groups excluding carboxylic acids is 2. The standard InChI is InChI=1S/C17H18N6O4/c1-21-6-4-5-11(21)15(24)20-13-9-23(3)14(19-13)16(25)18-10-7-12(17(26)27)22(2)8-10/h4-9H,1-3H3,(H,18,25)(H,20,24)(H,26,27). The topological polar surface area (TPSA) is 123 Å². The van der Waals surface area contributed by atoms with Gasteiger partial charge in [0.15, 0.2) is 5.82 Å². The Kier molecular flexibility index (Phi) is 4.55. The van der Waals surface area contributed by atoms with E-state index in [0.717, 1.165) is 0 Å². The van der Waals surface area contributed by atoms with Crippen LogP contribution in [0, 0.1) is 0 Å². The van der Waals surface area contributed by atoms with Crippen molar-refractivity contribution in [1.29, 1.82) is 0 Å². The van der Waals surface area contributed by atoms with E-state index in [1.165, 1.54) is 27.6 Å². The van der Waals surface area contributed by atoms with E-state index in [0.29, 0.717) is 11.4 Å². The van der Waals surface area contributed by atoms with Crippen LogP contribution < -0.4 is 10.6 Å². The first-order chi connectivity index (χ1) is 12.8. The zero-order valence-electron chi connectivity index (χ0n) is 14.9. The fourth-order valence-corrected chi connectivity index (χ4v) is 2.65. The summed E-state index contributed by atoms with van der Waals surface area (Å²) in [5.41, 5.74) is 0.829. The van der Waals surface area contributed by atoms with Gasteiger partial charge < -0.3 is 29.4 Å². The minimum atomic E-state index is -1.10. The van der Waals surface area contributed by atoms with Gasteiger partial charge in [0.1, 0.15) is 11.4 Å². The normalized spacial score (nSPS) is 10.6. The fourth-order valence-electron chi connectivity index (χ4n) is 2.65. The Bertz CT molecular complexity index is 1040. The van der Waals surface area contributed by atoms with Crippen LogP contribution in [0.15, 0.2) is 36.8 Å². The Hall–Kier alpha value is -3.82. The highest BCUT2D eigenvalue weighted by atomic mass is 16.4. The molecule has 0 atom stereocenters. The van der Waals surface area contributed by atoms with Crippen LogP contribution in [0.3, 0.4) is 0 Å². The van der Waals surface area contributed by atoms with Crippen LogP contribution in [-0.4, -0.2) is 41.6 Å². The van der Waals surface area contributed by atoms with Gasteiger partial charge in [0, 0.05) is 39.7 Å². The van der Waals surface area contributed by atoms with Crippen molar-refractivity contribution in [3.63, 3.8) is 0 Å². The molecule has 0 spiro atoms. The summed E-state index contributed by atoms with van der Waals surface area (Å²) in [6.45, 7) is 0. The molecule has 140 valence electrons. The third-order valence-electron chi connectivity index (χ3n) is 3.98. The van der Waals surface area contributed by atoms with Gasteiger partial charge in [-0.1, -0.05) is 0 Å². The van der Waals surface area contributed by atoms with Crippen LogP contribution in [0.4, 0.5) is 11.5 Å². The predicted molar refractivity (Wildman–Crippen MR) is 96.9 cm³/mol. The largest absolute Gasteiger partial charge is 0.477 e. The maximum atomic E-state index is 12.4. The monoisotopic (exact) mass is 370 g/mol. The molecule has 27 heavy (non-hydrogen) atoms. The third-order valence-corrected chi connectivity index (χ3v) is 3.98. The number of carboxylic acid groups (broad SMARTS) is 1. The lowest BCUT2D eigenvalue weighted by Gasteiger charge is -2.03.